The molecule has 6 nitrogen and oxygen atoms in total. The molecule has 0 aromatic rings. The van der Waals surface area contributed by atoms with Crippen molar-refractivity contribution in [3.05, 3.63) is 0 Å². The summed E-state index contributed by atoms with van der Waals surface area (Å²) in [6.07, 6.45) is 1.40. The van der Waals surface area contributed by atoms with E-state index in [0.717, 1.165) is 13.1 Å². The molecule has 1 amide bonds. The summed E-state index contributed by atoms with van der Waals surface area (Å²) in [7, 11) is 2.90. The minimum Gasteiger partial charge on any atom is -0.467 e. The fourth-order valence-electron chi connectivity index (χ4n) is 2.34. The first-order valence-electron chi connectivity index (χ1n) is 6.49. The lowest BCUT2D eigenvalue weighted by Gasteiger charge is -2.37. The van der Waals surface area contributed by atoms with Gasteiger partial charge in [-0.15, -0.1) is 0 Å². The van der Waals surface area contributed by atoms with Crippen LogP contribution in [0.1, 0.15) is 26.7 Å². The van der Waals surface area contributed by atoms with E-state index in [1.807, 2.05) is 0 Å². The van der Waals surface area contributed by atoms with Gasteiger partial charge in [-0.05, 0) is 39.8 Å². The van der Waals surface area contributed by atoms with E-state index >= 15 is 0 Å². The van der Waals surface area contributed by atoms with Gasteiger partial charge in [-0.2, -0.15) is 0 Å². The highest BCUT2D eigenvalue weighted by molar-refractivity contribution is 5.90. The van der Waals surface area contributed by atoms with Gasteiger partial charge in [0.15, 0.2) is 0 Å². The van der Waals surface area contributed by atoms with E-state index in [2.05, 4.69) is 10.6 Å². The zero-order chi connectivity index (χ0) is 14.5. The summed E-state index contributed by atoms with van der Waals surface area (Å²) in [5, 5.41) is 6.00. The largest absolute Gasteiger partial charge is 0.467 e. The summed E-state index contributed by atoms with van der Waals surface area (Å²) in [6, 6.07) is 0. The average molecular weight is 272 g/mol. The first-order valence-corrected chi connectivity index (χ1v) is 6.49. The molecule has 2 N–H and O–H groups in total. The van der Waals surface area contributed by atoms with Gasteiger partial charge in [-0.25, -0.2) is 4.79 Å². The molecule has 1 fully saturated rings. The van der Waals surface area contributed by atoms with E-state index in [-0.39, 0.29) is 5.91 Å². The Bertz CT molecular complexity index is 330. The molecule has 1 rings (SSSR count). The number of piperidine rings is 1. The van der Waals surface area contributed by atoms with Crippen LogP contribution in [0.4, 0.5) is 0 Å². The van der Waals surface area contributed by atoms with Crippen molar-refractivity contribution in [2.75, 3.05) is 33.9 Å². The van der Waals surface area contributed by atoms with Crippen molar-refractivity contribution in [3.63, 3.8) is 0 Å². The fourth-order valence-corrected chi connectivity index (χ4v) is 2.34. The third-order valence-electron chi connectivity index (χ3n) is 3.58. The van der Waals surface area contributed by atoms with Gasteiger partial charge in [0.1, 0.15) is 5.54 Å². The summed E-state index contributed by atoms with van der Waals surface area (Å²) < 4.78 is 9.90. The van der Waals surface area contributed by atoms with Gasteiger partial charge in [0.05, 0.1) is 19.1 Å². The standard InChI is InChI=1S/C13H24N2O4/c1-12(2,11(17)19-4)15-10(16)13(9-18-3)5-7-14-8-6-13/h14H,5-9H2,1-4H3,(H,15,16). The molecular weight excluding hydrogens is 248 g/mol. The summed E-state index contributed by atoms with van der Waals surface area (Å²) in [6.45, 7) is 5.18. The lowest BCUT2D eigenvalue weighted by molar-refractivity contribution is -0.152. The van der Waals surface area contributed by atoms with Gasteiger partial charge in [-0.1, -0.05) is 0 Å². The molecule has 0 saturated carbocycles. The van der Waals surface area contributed by atoms with Crippen LogP contribution in [0.15, 0.2) is 0 Å². The van der Waals surface area contributed by atoms with Crippen LogP contribution in [0.2, 0.25) is 0 Å². The molecule has 1 aliphatic rings. The summed E-state index contributed by atoms with van der Waals surface area (Å²) >= 11 is 0. The van der Waals surface area contributed by atoms with Crippen molar-refractivity contribution in [2.45, 2.75) is 32.2 Å². The number of rotatable bonds is 5. The Morgan fingerprint density at radius 3 is 2.32 bits per heavy atom. The number of nitrogens with one attached hydrogen (secondary N) is 2. The normalized spacial score (nSPS) is 18.7. The lowest BCUT2D eigenvalue weighted by atomic mass is 9.78. The molecule has 0 bridgehead atoms. The zero-order valence-electron chi connectivity index (χ0n) is 12.2. The second-order valence-corrected chi connectivity index (χ2v) is 5.53. The number of hydrogen-bond acceptors (Lipinski definition) is 5. The molecule has 0 radical (unpaired) electrons. The number of methoxy groups -OCH3 is 2. The highest BCUT2D eigenvalue weighted by Gasteiger charge is 2.43. The van der Waals surface area contributed by atoms with Gasteiger partial charge < -0.3 is 20.1 Å². The maximum Gasteiger partial charge on any atom is 0.330 e. The summed E-state index contributed by atoms with van der Waals surface area (Å²) in [5.41, 5.74) is -1.59. The summed E-state index contributed by atoms with van der Waals surface area (Å²) in [4.78, 5) is 24.2. The van der Waals surface area contributed by atoms with Crippen molar-refractivity contribution in [2.24, 2.45) is 5.41 Å². The van der Waals surface area contributed by atoms with Crippen LogP contribution in [-0.4, -0.2) is 51.3 Å². The Hall–Kier alpha value is -1.14. The molecule has 0 aromatic carbocycles. The van der Waals surface area contributed by atoms with E-state index in [4.69, 9.17) is 9.47 Å². The predicted octanol–water partition coefficient (Wildman–Crippen LogP) is 0.0704. The number of ether oxygens (including phenoxy) is 2. The molecule has 0 atom stereocenters. The van der Waals surface area contributed by atoms with Gasteiger partial charge >= 0.3 is 5.97 Å². The van der Waals surface area contributed by atoms with Crippen LogP contribution in [-0.2, 0) is 19.1 Å². The molecule has 0 spiro atoms. The monoisotopic (exact) mass is 272 g/mol. The molecule has 0 aromatic heterocycles. The van der Waals surface area contributed by atoms with Crippen LogP contribution in [0.5, 0.6) is 0 Å². The van der Waals surface area contributed by atoms with Gasteiger partial charge in [0.2, 0.25) is 5.91 Å². The predicted molar refractivity (Wildman–Crippen MR) is 70.7 cm³/mol. The fraction of sp³-hybridized carbons (Fsp3) is 0.846. The van der Waals surface area contributed by atoms with Gasteiger partial charge in [0.25, 0.3) is 0 Å². The van der Waals surface area contributed by atoms with Crippen LogP contribution in [0, 0.1) is 5.41 Å². The van der Waals surface area contributed by atoms with Crippen LogP contribution < -0.4 is 10.6 Å². The second kappa shape index (κ2) is 6.34. The Morgan fingerprint density at radius 1 is 1.26 bits per heavy atom. The van der Waals surface area contributed by atoms with E-state index < -0.39 is 16.9 Å². The molecule has 110 valence electrons. The molecule has 19 heavy (non-hydrogen) atoms. The first kappa shape index (κ1) is 15.9. The Labute approximate surface area is 114 Å². The smallest absolute Gasteiger partial charge is 0.330 e. The minimum absolute atomic E-state index is 0.147. The van der Waals surface area contributed by atoms with E-state index in [9.17, 15) is 9.59 Å². The number of carbonyl (C=O) groups is 2. The van der Waals surface area contributed by atoms with Crippen molar-refractivity contribution in [1.82, 2.24) is 10.6 Å². The SMILES string of the molecule is COCC1(C(=O)NC(C)(C)C(=O)OC)CCNCC1. The highest BCUT2D eigenvalue weighted by Crippen LogP contribution is 2.30. The molecule has 0 aliphatic carbocycles. The zero-order valence-corrected chi connectivity index (χ0v) is 12.2. The number of amides is 1. The molecule has 1 heterocycles. The van der Waals surface area contributed by atoms with E-state index in [1.54, 1.807) is 21.0 Å². The van der Waals surface area contributed by atoms with Crippen molar-refractivity contribution >= 4 is 11.9 Å². The molecule has 6 heteroatoms. The maximum absolute atomic E-state index is 12.5. The van der Waals surface area contributed by atoms with Crippen LogP contribution in [0.25, 0.3) is 0 Å². The molecule has 0 unspecified atom stereocenters. The van der Waals surface area contributed by atoms with E-state index in [1.165, 1.54) is 7.11 Å². The molecule has 1 saturated heterocycles. The Balaban J connectivity index is 2.80. The van der Waals surface area contributed by atoms with Crippen molar-refractivity contribution < 1.29 is 19.1 Å². The van der Waals surface area contributed by atoms with E-state index in [0.29, 0.717) is 19.4 Å². The maximum atomic E-state index is 12.5. The Morgan fingerprint density at radius 2 is 1.84 bits per heavy atom. The second-order valence-electron chi connectivity index (χ2n) is 5.53. The minimum atomic E-state index is -1.03. The van der Waals surface area contributed by atoms with Gasteiger partial charge in [-0.3, -0.25) is 4.79 Å². The van der Waals surface area contributed by atoms with Crippen molar-refractivity contribution in [3.8, 4) is 0 Å². The molecular formula is C13H24N2O4. The molecule has 1 aliphatic heterocycles. The number of carbonyl (C=O) groups excluding carboxylic acids is 2. The number of esters is 1. The lowest BCUT2D eigenvalue weighted by Crippen LogP contribution is -2.58. The van der Waals surface area contributed by atoms with Crippen LogP contribution >= 0.6 is 0 Å². The Kier molecular flexibility index (Phi) is 5.31. The quantitative estimate of drug-likeness (QED) is 0.693. The van der Waals surface area contributed by atoms with Crippen molar-refractivity contribution in [1.29, 1.82) is 0 Å². The third kappa shape index (κ3) is 3.67. The highest BCUT2D eigenvalue weighted by atomic mass is 16.5. The topological polar surface area (TPSA) is 76.7 Å². The summed E-state index contributed by atoms with van der Waals surface area (Å²) in [5.74, 6) is -0.603. The van der Waals surface area contributed by atoms with Crippen LogP contribution in [0.3, 0.4) is 0 Å². The number of hydrogen-bond donors (Lipinski definition) is 2. The average Bonchev–Trinajstić information content (AvgIpc) is 2.38. The first-order chi connectivity index (χ1) is 8.88. The third-order valence-corrected chi connectivity index (χ3v) is 3.58. The van der Waals surface area contributed by atoms with Gasteiger partial charge in [0, 0.05) is 7.11 Å².